The van der Waals surface area contributed by atoms with Gasteiger partial charge in [0.15, 0.2) is 0 Å². The number of aromatic nitrogens is 2. The maximum Gasteiger partial charge on any atom is 0.274 e. The Hall–Kier alpha value is -2.08. The van der Waals surface area contributed by atoms with Crippen molar-refractivity contribution in [2.24, 2.45) is 0 Å². The normalized spacial score (nSPS) is 10.7. The van der Waals surface area contributed by atoms with Gasteiger partial charge < -0.3 is 10.3 Å². The third-order valence-electron chi connectivity index (χ3n) is 3.14. The van der Waals surface area contributed by atoms with Crippen LogP contribution in [0.25, 0.3) is 0 Å². The molecule has 0 atom stereocenters. The minimum Gasteiger partial charge on any atom is -0.321 e. The number of hydrogen-bond donors (Lipinski definition) is 2. The SMILES string of the molecule is CSCc1nc(C(=O)Nc2ccc(C(C)C)cc2)cc(=O)[nH]1. The largest absolute Gasteiger partial charge is 0.321 e. The summed E-state index contributed by atoms with van der Waals surface area (Å²) in [5.41, 5.74) is 1.69. The van der Waals surface area contributed by atoms with Crippen LogP contribution in [0.1, 0.15) is 41.6 Å². The van der Waals surface area contributed by atoms with E-state index < -0.39 is 0 Å². The standard InChI is InChI=1S/C16H19N3O2S/c1-10(2)11-4-6-12(7-5-11)17-16(21)13-8-15(20)19-14(18-13)9-22-3/h4-8,10H,9H2,1-3H3,(H,17,21)(H,18,19,20). The van der Waals surface area contributed by atoms with Crippen molar-refractivity contribution in [3.8, 4) is 0 Å². The van der Waals surface area contributed by atoms with E-state index in [9.17, 15) is 9.59 Å². The molecular formula is C16H19N3O2S. The van der Waals surface area contributed by atoms with Crippen molar-refractivity contribution in [1.82, 2.24) is 9.97 Å². The Morgan fingerprint density at radius 1 is 1.32 bits per heavy atom. The molecule has 5 nitrogen and oxygen atoms in total. The van der Waals surface area contributed by atoms with Gasteiger partial charge in [0.1, 0.15) is 11.5 Å². The first-order chi connectivity index (χ1) is 10.5. The molecule has 0 bridgehead atoms. The zero-order valence-electron chi connectivity index (χ0n) is 12.8. The molecule has 0 saturated heterocycles. The zero-order valence-corrected chi connectivity index (χ0v) is 13.7. The topological polar surface area (TPSA) is 74.8 Å². The fourth-order valence-electron chi connectivity index (χ4n) is 1.98. The van der Waals surface area contributed by atoms with Crippen LogP contribution in [-0.2, 0) is 5.75 Å². The van der Waals surface area contributed by atoms with E-state index in [-0.39, 0.29) is 17.2 Å². The smallest absolute Gasteiger partial charge is 0.274 e. The number of carbonyl (C=O) groups excluding carboxylic acids is 1. The van der Waals surface area contributed by atoms with Crippen molar-refractivity contribution in [1.29, 1.82) is 0 Å². The molecule has 6 heteroatoms. The lowest BCUT2D eigenvalue weighted by Crippen LogP contribution is -2.20. The van der Waals surface area contributed by atoms with Crippen LogP contribution in [0, 0.1) is 0 Å². The molecule has 22 heavy (non-hydrogen) atoms. The molecule has 0 fully saturated rings. The summed E-state index contributed by atoms with van der Waals surface area (Å²) in [4.78, 5) is 30.6. The van der Waals surface area contributed by atoms with Gasteiger partial charge in [-0.15, -0.1) is 0 Å². The molecule has 2 N–H and O–H groups in total. The van der Waals surface area contributed by atoms with Crippen molar-refractivity contribution in [3.63, 3.8) is 0 Å². The van der Waals surface area contributed by atoms with E-state index in [0.29, 0.717) is 23.2 Å². The number of nitrogens with one attached hydrogen (secondary N) is 2. The van der Waals surface area contributed by atoms with E-state index in [2.05, 4.69) is 29.1 Å². The fraction of sp³-hybridized carbons (Fsp3) is 0.312. The minimum atomic E-state index is -0.384. The van der Waals surface area contributed by atoms with Gasteiger partial charge in [-0.05, 0) is 29.9 Å². The molecule has 0 saturated carbocycles. The Morgan fingerprint density at radius 3 is 2.59 bits per heavy atom. The molecule has 0 spiro atoms. The van der Waals surface area contributed by atoms with Crippen molar-refractivity contribution >= 4 is 23.4 Å². The van der Waals surface area contributed by atoms with Crippen molar-refractivity contribution < 1.29 is 4.79 Å². The van der Waals surface area contributed by atoms with E-state index in [1.807, 2.05) is 30.5 Å². The molecular weight excluding hydrogens is 298 g/mol. The number of benzene rings is 1. The summed E-state index contributed by atoms with van der Waals surface area (Å²) in [5, 5.41) is 2.76. The highest BCUT2D eigenvalue weighted by Crippen LogP contribution is 2.17. The quantitative estimate of drug-likeness (QED) is 0.889. The highest BCUT2D eigenvalue weighted by Gasteiger charge is 2.11. The number of anilines is 1. The van der Waals surface area contributed by atoms with Crippen molar-refractivity contribution in [2.75, 3.05) is 11.6 Å². The number of rotatable bonds is 5. The predicted octanol–water partition coefficient (Wildman–Crippen LogP) is 3.01. The highest BCUT2D eigenvalue weighted by atomic mass is 32.2. The van der Waals surface area contributed by atoms with E-state index in [1.165, 1.54) is 23.4 Å². The molecule has 1 heterocycles. The monoisotopic (exact) mass is 317 g/mol. The van der Waals surface area contributed by atoms with Crippen LogP contribution in [0.4, 0.5) is 5.69 Å². The van der Waals surface area contributed by atoms with E-state index in [1.54, 1.807) is 0 Å². The van der Waals surface area contributed by atoms with Crippen molar-refractivity contribution in [3.05, 3.63) is 57.8 Å². The number of carbonyl (C=O) groups is 1. The Morgan fingerprint density at radius 2 is 2.00 bits per heavy atom. The summed E-state index contributed by atoms with van der Waals surface area (Å²) >= 11 is 1.53. The molecule has 2 aromatic rings. The van der Waals surface area contributed by atoms with E-state index in [0.717, 1.165) is 0 Å². The van der Waals surface area contributed by atoms with Crippen molar-refractivity contribution in [2.45, 2.75) is 25.5 Å². The first-order valence-corrected chi connectivity index (χ1v) is 8.39. The number of thioether (sulfide) groups is 1. The lowest BCUT2D eigenvalue weighted by molar-refractivity contribution is 0.102. The molecule has 1 amide bonds. The molecule has 0 aliphatic rings. The van der Waals surface area contributed by atoms with Crippen LogP contribution in [0.5, 0.6) is 0 Å². The highest BCUT2D eigenvalue weighted by molar-refractivity contribution is 7.97. The number of H-pyrrole nitrogens is 1. The van der Waals surface area contributed by atoms with Crippen LogP contribution in [0.15, 0.2) is 35.1 Å². The maximum absolute atomic E-state index is 12.2. The summed E-state index contributed by atoms with van der Waals surface area (Å²) in [6.07, 6.45) is 1.91. The summed E-state index contributed by atoms with van der Waals surface area (Å²) < 4.78 is 0. The second-order valence-corrected chi connectivity index (χ2v) is 6.11. The molecule has 1 aromatic heterocycles. The maximum atomic E-state index is 12.2. The average Bonchev–Trinajstić information content (AvgIpc) is 2.47. The van der Waals surface area contributed by atoms with Gasteiger partial charge in [-0.25, -0.2) is 4.98 Å². The molecule has 116 valence electrons. The van der Waals surface area contributed by atoms with Gasteiger partial charge >= 0.3 is 0 Å². The van der Waals surface area contributed by atoms with E-state index in [4.69, 9.17) is 0 Å². The molecule has 0 aliphatic heterocycles. The third-order valence-corrected chi connectivity index (χ3v) is 3.70. The average molecular weight is 317 g/mol. The van der Waals surface area contributed by atoms with Crippen LogP contribution in [-0.4, -0.2) is 22.1 Å². The van der Waals surface area contributed by atoms with Crippen LogP contribution in [0.2, 0.25) is 0 Å². The van der Waals surface area contributed by atoms with Crippen LogP contribution in [0.3, 0.4) is 0 Å². The molecule has 2 rings (SSSR count). The summed E-state index contributed by atoms with van der Waals surface area (Å²) in [5.74, 6) is 1.11. The third kappa shape index (κ3) is 4.21. The molecule has 0 unspecified atom stereocenters. The van der Waals surface area contributed by atoms with Gasteiger partial charge in [0.2, 0.25) is 0 Å². The van der Waals surface area contributed by atoms with Gasteiger partial charge in [0, 0.05) is 11.8 Å². The number of nitrogens with zero attached hydrogens (tertiary/aromatic N) is 1. The molecule has 0 aliphatic carbocycles. The number of hydrogen-bond acceptors (Lipinski definition) is 4. The Bertz CT molecular complexity index is 708. The summed E-state index contributed by atoms with van der Waals surface area (Å²) in [6.45, 7) is 4.22. The Balaban J connectivity index is 2.16. The first kappa shape index (κ1) is 16.3. The van der Waals surface area contributed by atoms with Gasteiger partial charge in [-0.3, -0.25) is 9.59 Å². The minimum absolute atomic E-state index is 0.126. The second-order valence-electron chi connectivity index (χ2n) is 5.24. The van der Waals surface area contributed by atoms with E-state index >= 15 is 0 Å². The summed E-state index contributed by atoms with van der Waals surface area (Å²) in [7, 11) is 0. The van der Waals surface area contributed by atoms with Gasteiger partial charge in [-0.1, -0.05) is 26.0 Å². The van der Waals surface area contributed by atoms with Crippen LogP contribution >= 0.6 is 11.8 Å². The number of amides is 1. The second kappa shape index (κ2) is 7.26. The number of aromatic amines is 1. The lowest BCUT2D eigenvalue weighted by atomic mass is 10.0. The Kier molecular flexibility index (Phi) is 5.38. The van der Waals surface area contributed by atoms with Crippen LogP contribution < -0.4 is 10.9 Å². The molecule has 1 aromatic carbocycles. The lowest BCUT2D eigenvalue weighted by Gasteiger charge is -2.08. The van der Waals surface area contributed by atoms with Gasteiger partial charge in [-0.2, -0.15) is 11.8 Å². The predicted molar refractivity (Wildman–Crippen MR) is 90.6 cm³/mol. The molecule has 0 radical (unpaired) electrons. The Labute approximate surface area is 133 Å². The summed E-state index contributed by atoms with van der Waals surface area (Å²) in [6, 6.07) is 8.86. The fourth-order valence-corrected chi connectivity index (χ4v) is 2.39. The van der Waals surface area contributed by atoms with Gasteiger partial charge in [0.05, 0.1) is 5.75 Å². The first-order valence-electron chi connectivity index (χ1n) is 7.00. The van der Waals surface area contributed by atoms with Gasteiger partial charge in [0.25, 0.3) is 11.5 Å². The zero-order chi connectivity index (χ0) is 16.1.